The minimum atomic E-state index is 0.443. The first-order chi connectivity index (χ1) is 17.0. The van der Waals surface area contributed by atoms with E-state index in [0.717, 1.165) is 71.9 Å². The number of aryl methyl sites for hydroxylation is 2. The Morgan fingerprint density at radius 1 is 0.886 bits per heavy atom. The topological polar surface area (TPSA) is 58.5 Å². The first-order valence-corrected chi connectivity index (χ1v) is 12.4. The summed E-state index contributed by atoms with van der Waals surface area (Å²) < 4.78 is 23.4. The van der Waals surface area contributed by atoms with E-state index in [1.807, 2.05) is 62.4 Å². The summed E-state index contributed by atoms with van der Waals surface area (Å²) in [4.78, 5) is 4.73. The van der Waals surface area contributed by atoms with Crippen molar-refractivity contribution in [3.05, 3.63) is 65.2 Å². The summed E-state index contributed by atoms with van der Waals surface area (Å²) in [5.41, 5.74) is 4.10. The number of benzene rings is 2. The molecule has 0 saturated carbocycles. The van der Waals surface area contributed by atoms with Gasteiger partial charge in [-0.25, -0.2) is 0 Å². The molecule has 0 amide bonds. The predicted molar refractivity (Wildman–Crippen MR) is 142 cm³/mol. The van der Waals surface area contributed by atoms with Crippen LogP contribution in [0, 0.1) is 13.8 Å². The number of rotatable bonds is 17. The molecule has 0 fully saturated rings. The molecule has 35 heavy (non-hydrogen) atoms. The molecule has 2 rings (SSSR count). The summed E-state index contributed by atoms with van der Waals surface area (Å²) in [6.07, 6.45) is 8.25. The molecule has 0 aliphatic heterocycles. The van der Waals surface area contributed by atoms with Gasteiger partial charge in [-0.05, 0) is 94.3 Å². The number of ether oxygens (including phenoxy) is 4. The van der Waals surface area contributed by atoms with E-state index in [4.69, 9.17) is 23.8 Å². The van der Waals surface area contributed by atoms with Crippen LogP contribution in [0.15, 0.2) is 53.7 Å². The molecular formula is C29H41NO5. The Balaban J connectivity index is 1.60. The zero-order chi connectivity index (χ0) is 25.3. The second-order valence-corrected chi connectivity index (χ2v) is 8.53. The Morgan fingerprint density at radius 2 is 1.60 bits per heavy atom. The minimum absolute atomic E-state index is 0.443. The Labute approximate surface area is 210 Å². The highest BCUT2D eigenvalue weighted by Crippen LogP contribution is 2.28. The SMILES string of the molecule is C/C=C/COc1cc(C)c(OCCCCCCOc2cccc(COC/C(C)=N/OC)c2)c(C)c1. The fourth-order valence-electron chi connectivity index (χ4n) is 3.61. The maximum Gasteiger partial charge on any atom is 0.125 e. The number of unbranched alkanes of at least 4 members (excludes halogenated alkanes) is 3. The normalized spacial score (nSPS) is 11.6. The zero-order valence-corrected chi connectivity index (χ0v) is 22.0. The van der Waals surface area contributed by atoms with Crippen molar-refractivity contribution in [2.24, 2.45) is 5.16 Å². The van der Waals surface area contributed by atoms with Gasteiger partial charge in [0, 0.05) is 0 Å². The van der Waals surface area contributed by atoms with Crippen LogP contribution < -0.4 is 14.2 Å². The fraction of sp³-hybridized carbons (Fsp3) is 0.483. The highest BCUT2D eigenvalue weighted by molar-refractivity contribution is 5.82. The number of nitrogens with zero attached hydrogens (tertiary/aromatic N) is 1. The Bertz CT molecular complexity index is 915. The number of oxime groups is 1. The Hall–Kier alpha value is -2.99. The highest BCUT2D eigenvalue weighted by atomic mass is 16.6. The lowest BCUT2D eigenvalue weighted by Gasteiger charge is -2.14. The molecule has 0 aliphatic carbocycles. The van der Waals surface area contributed by atoms with Gasteiger partial charge in [-0.3, -0.25) is 0 Å². The third-order valence-electron chi connectivity index (χ3n) is 5.29. The van der Waals surface area contributed by atoms with Crippen LogP contribution in [0.2, 0.25) is 0 Å². The number of allylic oxidation sites excluding steroid dienone is 1. The average Bonchev–Trinajstić information content (AvgIpc) is 2.83. The first kappa shape index (κ1) is 28.2. The van der Waals surface area contributed by atoms with Gasteiger partial charge in [0.05, 0.1) is 32.1 Å². The van der Waals surface area contributed by atoms with Crippen molar-refractivity contribution >= 4 is 5.71 Å². The molecule has 0 aromatic heterocycles. The third kappa shape index (κ3) is 11.3. The standard InChI is InChI=1S/C29H41NO5/c1-6-7-15-34-28-18-23(2)29(24(3)19-28)35-17-11-9-8-10-16-33-27-14-12-13-26(20-27)22-32-21-25(4)30-31-5/h6-7,12-14,18-20H,8-11,15-17,21-22H2,1-5H3/b7-6+,30-25+. The molecule has 6 nitrogen and oxygen atoms in total. The molecule has 2 aromatic rings. The fourth-order valence-corrected chi connectivity index (χ4v) is 3.61. The van der Waals surface area contributed by atoms with E-state index in [9.17, 15) is 0 Å². The molecule has 0 radical (unpaired) electrons. The van der Waals surface area contributed by atoms with Gasteiger partial charge in [0.2, 0.25) is 0 Å². The van der Waals surface area contributed by atoms with Gasteiger partial charge < -0.3 is 23.8 Å². The van der Waals surface area contributed by atoms with Crippen LogP contribution in [-0.2, 0) is 16.2 Å². The van der Waals surface area contributed by atoms with Crippen molar-refractivity contribution in [3.8, 4) is 17.2 Å². The average molecular weight is 484 g/mol. The van der Waals surface area contributed by atoms with Crippen molar-refractivity contribution in [2.45, 2.75) is 60.0 Å². The van der Waals surface area contributed by atoms with Crippen molar-refractivity contribution in [1.29, 1.82) is 0 Å². The highest BCUT2D eigenvalue weighted by Gasteiger charge is 2.07. The predicted octanol–water partition coefficient (Wildman–Crippen LogP) is 6.82. The van der Waals surface area contributed by atoms with E-state index in [-0.39, 0.29) is 0 Å². The van der Waals surface area contributed by atoms with Gasteiger partial charge in [-0.15, -0.1) is 0 Å². The lowest BCUT2D eigenvalue weighted by molar-refractivity contribution is 0.150. The molecule has 0 atom stereocenters. The van der Waals surface area contributed by atoms with Crippen LogP contribution in [-0.4, -0.2) is 39.2 Å². The quantitative estimate of drug-likeness (QED) is 0.107. The summed E-state index contributed by atoms with van der Waals surface area (Å²) in [5, 5.41) is 3.84. The van der Waals surface area contributed by atoms with Crippen molar-refractivity contribution in [1.82, 2.24) is 0 Å². The van der Waals surface area contributed by atoms with E-state index in [2.05, 4.69) is 19.0 Å². The lowest BCUT2D eigenvalue weighted by atomic mass is 10.1. The molecule has 6 heteroatoms. The van der Waals surface area contributed by atoms with Crippen LogP contribution in [0.25, 0.3) is 0 Å². The van der Waals surface area contributed by atoms with Gasteiger partial charge in [0.15, 0.2) is 0 Å². The monoisotopic (exact) mass is 483 g/mol. The summed E-state index contributed by atoms with van der Waals surface area (Å²) in [7, 11) is 1.53. The summed E-state index contributed by atoms with van der Waals surface area (Å²) >= 11 is 0. The zero-order valence-electron chi connectivity index (χ0n) is 22.0. The maximum absolute atomic E-state index is 6.07. The maximum atomic E-state index is 6.07. The molecule has 2 aromatic carbocycles. The molecule has 0 spiro atoms. The van der Waals surface area contributed by atoms with Gasteiger partial charge >= 0.3 is 0 Å². The molecule has 0 heterocycles. The first-order valence-electron chi connectivity index (χ1n) is 12.4. The summed E-state index contributed by atoms with van der Waals surface area (Å²) in [6.45, 7) is 11.0. The van der Waals surface area contributed by atoms with Gasteiger partial charge in [-0.1, -0.05) is 29.4 Å². The van der Waals surface area contributed by atoms with E-state index in [1.165, 1.54) is 7.11 Å². The molecule has 0 bridgehead atoms. The Morgan fingerprint density at radius 3 is 2.29 bits per heavy atom. The van der Waals surface area contributed by atoms with Gasteiger partial charge in [-0.2, -0.15) is 0 Å². The molecule has 192 valence electrons. The molecule has 0 unspecified atom stereocenters. The largest absolute Gasteiger partial charge is 0.494 e. The van der Waals surface area contributed by atoms with Crippen molar-refractivity contribution < 1.29 is 23.8 Å². The van der Waals surface area contributed by atoms with Gasteiger partial charge in [0.25, 0.3) is 0 Å². The van der Waals surface area contributed by atoms with E-state index >= 15 is 0 Å². The molecule has 0 saturated heterocycles. The van der Waals surface area contributed by atoms with Gasteiger partial charge in [0.1, 0.15) is 31.0 Å². The number of hydrogen-bond acceptors (Lipinski definition) is 6. The lowest BCUT2D eigenvalue weighted by Crippen LogP contribution is -2.05. The molecule has 0 N–H and O–H groups in total. The van der Waals surface area contributed by atoms with Crippen molar-refractivity contribution in [3.63, 3.8) is 0 Å². The van der Waals surface area contributed by atoms with E-state index in [0.29, 0.717) is 26.4 Å². The molecule has 0 aliphatic rings. The van der Waals surface area contributed by atoms with Crippen LogP contribution in [0.5, 0.6) is 17.2 Å². The minimum Gasteiger partial charge on any atom is -0.494 e. The van der Waals surface area contributed by atoms with Crippen LogP contribution in [0.1, 0.15) is 56.2 Å². The third-order valence-corrected chi connectivity index (χ3v) is 5.29. The number of hydrogen-bond donors (Lipinski definition) is 0. The smallest absolute Gasteiger partial charge is 0.125 e. The Kier molecular flexibility index (Phi) is 13.4. The summed E-state index contributed by atoms with van der Waals surface area (Å²) in [5.74, 6) is 2.73. The summed E-state index contributed by atoms with van der Waals surface area (Å²) in [6, 6.07) is 12.1. The van der Waals surface area contributed by atoms with E-state index < -0.39 is 0 Å². The van der Waals surface area contributed by atoms with E-state index in [1.54, 1.807) is 0 Å². The van der Waals surface area contributed by atoms with Crippen molar-refractivity contribution in [2.75, 3.05) is 33.5 Å². The van der Waals surface area contributed by atoms with Crippen LogP contribution >= 0.6 is 0 Å². The second kappa shape index (κ2) is 16.6. The van der Waals surface area contributed by atoms with Crippen LogP contribution in [0.4, 0.5) is 0 Å². The van der Waals surface area contributed by atoms with Crippen LogP contribution in [0.3, 0.4) is 0 Å². The second-order valence-electron chi connectivity index (χ2n) is 8.53. The molecular weight excluding hydrogens is 442 g/mol.